The van der Waals surface area contributed by atoms with Crippen LogP contribution in [-0.4, -0.2) is 0 Å². The van der Waals surface area contributed by atoms with Gasteiger partial charge in [0.2, 0.25) is 0 Å². The van der Waals surface area contributed by atoms with E-state index in [-0.39, 0.29) is 0 Å². The molecular weight excluding hydrogens is 218 g/mol. The minimum atomic E-state index is 0.316. The lowest BCUT2D eigenvalue weighted by Gasteiger charge is -2.33. The molecule has 0 aromatic carbocycles. The number of hydrogen-bond acceptors (Lipinski definition) is 1. The van der Waals surface area contributed by atoms with Gasteiger partial charge in [0.1, 0.15) is 0 Å². The van der Waals surface area contributed by atoms with Crippen LogP contribution in [0.3, 0.4) is 0 Å². The maximum Gasteiger partial charge on any atom is 0.0914 e. The molecule has 0 atom stereocenters. The first-order chi connectivity index (χ1) is 8.54. The highest BCUT2D eigenvalue weighted by Gasteiger charge is 2.29. The molecule has 0 aliphatic heterocycles. The van der Waals surface area contributed by atoms with Crippen molar-refractivity contribution in [3.63, 3.8) is 0 Å². The Balaban J connectivity index is 2.42. The minimum Gasteiger partial charge on any atom is -0.193 e. The van der Waals surface area contributed by atoms with Crippen LogP contribution in [0.2, 0.25) is 0 Å². The minimum absolute atomic E-state index is 0.316. The third kappa shape index (κ3) is 2.58. The summed E-state index contributed by atoms with van der Waals surface area (Å²) in [6, 6.07) is 2.16. The Hall–Kier alpha value is -1.29. The fraction of sp³-hybridized carbons (Fsp3) is 0.588. The van der Waals surface area contributed by atoms with Gasteiger partial charge in [-0.05, 0) is 67.6 Å². The second kappa shape index (κ2) is 5.14. The van der Waals surface area contributed by atoms with Crippen molar-refractivity contribution in [2.24, 2.45) is 5.41 Å². The predicted molar refractivity (Wildman–Crippen MR) is 76.0 cm³/mol. The van der Waals surface area contributed by atoms with Crippen molar-refractivity contribution < 1.29 is 0 Å². The van der Waals surface area contributed by atoms with E-state index in [1.807, 2.05) is 0 Å². The van der Waals surface area contributed by atoms with Crippen LogP contribution in [0.25, 0.3) is 0 Å². The van der Waals surface area contributed by atoms with Crippen molar-refractivity contribution in [3.05, 3.63) is 34.4 Å². The standard InChI is InChI=1S/C17H23N/c1-13(9-11-18)15-7-4-6-14-8-5-10-17(2,3)16(14)12-15/h9,12H,4-8,10H2,1-3H3/b13-9+. The Labute approximate surface area is 111 Å². The van der Waals surface area contributed by atoms with Crippen LogP contribution in [0.4, 0.5) is 0 Å². The summed E-state index contributed by atoms with van der Waals surface area (Å²) < 4.78 is 0. The number of nitrogens with zero attached hydrogens (tertiary/aromatic N) is 1. The Morgan fingerprint density at radius 3 is 2.72 bits per heavy atom. The molecule has 1 heteroatoms. The lowest BCUT2D eigenvalue weighted by atomic mass is 9.71. The maximum absolute atomic E-state index is 8.81. The van der Waals surface area contributed by atoms with Gasteiger partial charge in [-0.3, -0.25) is 0 Å². The molecule has 0 fully saturated rings. The lowest BCUT2D eigenvalue weighted by molar-refractivity contribution is 0.373. The molecule has 96 valence electrons. The molecule has 2 aliphatic carbocycles. The van der Waals surface area contributed by atoms with E-state index in [0.29, 0.717) is 5.41 Å². The zero-order valence-corrected chi connectivity index (χ0v) is 11.8. The first-order valence-electron chi connectivity index (χ1n) is 7.04. The van der Waals surface area contributed by atoms with Gasteiger partial charge in [-0.25, -0.2) is 0 Å². The summed E-state index contributed by atoms with van der Waals surface area (Å²) in [7, 11) is 0. The van der Waals surface area contributed by atoms with E-state index in [1.54, 1.807) is 17.2 Å². The summed E-state index contributed by atoms with van der Waals surface area (Å²) >= 11 is 0. The normalized spacial score (nSPS) is 23.9. The van der Waals surface area contributed by atoms with Gasteiger partial charge >= 0.3 is 0 Å². The first kappa shape index (κ1) is 13.1. The topological polar surface area (TPSA) is 23.8 Å². The molecule has 0 aromatic rings. The van der Waals surface area contributed by atoms with Gasteiger partial charge in [0.05, 0.1) is 6.07 Å². The quantitative estimate of drug-likeness (QED) is 0.588. The average Bonchev–Trinajstić information content (AvgIpc) is 2.52. The molecule has 0 amide bonds. The molecule has 0 aromatic heterocycles. The SMILES string of the molecule is C/C(=C\C#N)C1=CC2=C(CCC1)CCCC2(C)C. The molecular formula is C17H23N. The van der Waals surface area contributed by atoms with Crippen LogP contribution >= 0.6 is 0 Å². The van der Waals surface area contributed by atoms with Crippen molar-refractivity contribution in [2.75, 3.05) is 0 Å². The highest BCUT2D eigenvalue weighted by molar-refractivity contribution is 5.44. The summed E-state index contributed by atoms with van der Waals surface area (Å²) in [5.41, 5.74) is 6.07. The molecule has 0 spiro atoms. The Morgan fingerprint density at radius 1 is 1.28 bits per heavy atom. The van der Waals surface area contributed by atoms with Gasteiger partial charge in [-0.2, -0.15) is 5.26 Å². The molecule has 1 nitrogen and oxygen atoms in total. The Kier molecular flexibility index (Phi) is 3.76. The fourth-order valence-electron chi connectivity index (χ4n) is 3.29. The molecule has 0 unspecified atom stereocenters. The van der Waals surface area contributed by atoms with Crippen LogP contribution in [0.1, 0.15) is 59.3 Å². The number of allylic oxidation sites excluding steroid dienone is 6. The molecule has 0 heterocycles. The fourth-order valence-corrected chi connectivity index (χ4v) is 3.29. The lowest BCUT2D eigenvalue weighted by Crippen LogP contribution is -2.19. The molecule has 0 bridgehead atoms. The van der Waals surface area contributed by atoms with Crippen molar-refractivity contribution in [2.45, 2.75) is 59.3 Å². The molecule has 0 saturated heterocycles. The van der Waals surface area contributed by atoms with Crippen LogP contribution in [0.15, 0.2) is 34.4 Å². The van der Waals surface area contributed by atoms with Gasteiger partial charge in [-0.1, -0.05) is 25.5 Å². The Bertz CT molecular complexity index is 466. The second-order valence-corrected chi connectivity index (χ2v) is 6.23. The summed E-state index contributed by atoms with van der Waals surface area (Å²) in [5.74, 6) is 0. The van der Waals surface area contributed by atoms with Crippen LogP contribution in [0, 0.1) is 16.7 Å². The van der Waals surface area contributed by atoms with Crippen molar-refractivity contribution in [1.82, 2.24) is 0 Å². The molecule has 2 rings (SSSR count). The molecule has 0 radical (unpaired) electrons. The van der Waals surface area contributed by atoms with E-state index in [1.165, 1.54) is 37.7 Å². The van der Waals surface area contributed by atoms with Crippen LogP contribution in [0.5, 0.6) is 0 Å². The number of rotatable bonds is 1. The number of nitriles is 1. The molecule has 18 heavy (non-hydrogen) atoms. The van der Waals surface area contributed by atoms with Gasteiger partial charge < -0.3 is 0 Å². The second-order valence-electron chi connectivity index (χ2n) is 6.23. The van der Waals surface area contributed by atoms with Crippen LogP contribution in [-0.2, 0) is 0 Å². The summed E-state index contributed by atoms with van der Waals surface area (Å²) in [5, 5.41) is 8.81. The average molecular weight is 241 g/mol. The zero-order chi connectivity index (χ0) is 13.2. The monoisotopic (exact) mass is 241 g/mol. The molecule has 0 saturated carbocycles. The highest BCUT2D eigenvalue weighted by Crippen LogP contribution is 2.45. The van der Waals surface area contributed by atoms with E-state index in [2.05, 4.69) is 32.9 Å². The van der Waals surface area contributed by atoms with Gasteiger partial charge in [0.25, 0.3) is 0 Å². The predicted octanol–water partition coefficient (Wildman–Crippen LogP) is 5.07. The smallest absolute Gasteiger partial charge is 0.0914 e. The third-order valence-corrected chi connectivity index (χ3v) is 4.42. The first-order valence-corrected chi connectivity index (χ1v) is 7.04. The number of hydrogen-bond donors (Lipinski definition) is 0. The molecule has 0 N–H and O–H groups in total. The van der Waals surface area contributed by atoms with E-state index in [4.69, 9.17) is 5.26 Å². The van der Waals surface area contributed by atoms with E-state index in [0.717, 1.165) is 12.0 Å². The van der Waals surface area contributed by atoms with Gasteiger partial charge in [-0.15, -0.1) is 0 Å². The van der Waals surface area contributed by atoms with Gasteiger partial charge in [0.15, 0.2) is 0 Å². The summed E-state index contributed by atoms with van der Waals surface area (Å²) in [6.07, 6.45) is 11.6. The van der Waals surface area contributed by atoms with Gasteiger partial charge in [0, 0.05) is 6.08 Å². The van der Waals surface area contributed by atoms with Crippen molar-refractivity contribution in [1.29, 1.82) is 5.26 Å². The van der Waals surface area contributed by atoms with E-state index < -0.39 is 0 Å². The van der Waals surface area contributed by atoms with E-state index in [9.17, 15) is 0 Å². The summed E-state index contributed by atoms with van der Waals surface area (Å²) in [4.78, 5) is 0. The third-order valence-electron chi connectivity index (χ3n) is 4.42. The van der Waals surface area contributed by atoms with E-state index >= 15 is 0 Å². The summed E-state index contributed by atoms with van der Waals surface area (Å²) in [6.45, 7) is 6.80. The maximum atomic E-state index is 8.81. The highest BCUT2D eigenvalue weighted by atomic mass is 14.3. The Morgan fingerprint density at radius 2 is 2.00 bits per heavy atom. The van der Waals surface area contributed by atoms with Crippen molar-refractivity contribution in [3.8, 4) is 6.07 Å². The molecule has 2 aliphatic rings. The van der Waals surface area contributed by atoms with Crippen LogP contribution < -0.4 is 0 Å². The van der Waals surface area contributed by atoms with Crippen molar-refractivity contribution >= 4 is 0 Å². The zero-order valence-electron chi connectivity index (χ0n) is 11.8. The largest absolute Gasteiger partial charge is 0.193 e.